The Kier molecular flexibility index (Phi) is 6.11. The van der Waals surface area contributed by atoms with Gasteiger partial charge in [-0.3, -0.25) is 0 Å². The number of fused-ring (bicyclic) bond motifs is 2. The van der Waals surface area contributed by atoms with Crippen LogP contribution >= 0.6 is 0 Å². The maximum Gasteiger partial charge on any atom is 0.0589 e. The van der Waals surface area contributed by atoms with Crippen LogP contribution in [0.5, 0.6) is 0 Å². The van der Waals surface area contributed by atoms with E-state index < -0.39 is 0 Å². The average molecular weight is 268 g/mol. The van der Waals surface area contributed by atoms with Gasteiger partial charge < -0.3 is 15.0 Å². The molecular formula is C16H32N2O. The van der Waals surface area contributed by atoms with Crippen LogP contribution in [0.3, 0.4) is 0 Å². The van der Waals surface area contributed by atoms with Gasteiger partial charge in [0.15, 0.2) is 0 Å². The first-order valence-corrected chi connectivity index (χ1v) is 8.14. The standard InChI is InChI=1S/C16H32N2O/c1-13(2)12-18(8-9-19-3)7-6-14-10-15-4-5-16(11-14)17-15/h13-17H,4-12H2,1-3H3. The highest BCUT2D eigenvalue weighted by atomic mass is 16.5. The highest BCUT2D eigenvalue weighted by molar-refractivity contribution is 4.92. The molecule has 2 aliphatic heterocycles. The van der Waals surface area contributed by atoms with Crippen LogP contribution in [0.15, 0.2) is 0 Å². The number of hydrogen-bond donors (Lipinski definition) is 1. The maximum atomic E-state index is 5.24. The third kappa shape index (κ3) is 5.05. The van der Waals surface area contributed by atoms with Crippen molar-refractivity contribution in [1.29, 1.82) is 0 Å². The van der Waals surface area contributed by atoms with Gasteiger partial charge in [0.25, 0.3) is 0 Å². The first-order valence-electron chi connectivity index (χ1n) is 8.14. The highest BCUT2D eigenvalue weighted by Gasteiger charge is 2.33. The molecule has 2 bridgehead atoms. The smallest absolute Gasteiger partial charge is 0.0589 e. The van der Waals surface area contributed by atoms with Crippen LogP contribution in [0.2, 0.25) is 0 Å². The van der Waals surface area contributed by atoms with E-state index in [2.05, 4.69) is 24.1 Å². The molecule has 0 amide bonds. The third-order valence-electron chi connectivity index (χ3n) is 4.66. The summed E-state index contributed by atoms with van der Waals surface area (Å²) in [6, 6.07) is 1.67. The second-order valence-electron chi connectivity index (χ2n) is 6.95. The van der Waals surface area contributed by atoms with Gasteiger partial charge >= 0.3 is 0 Å². The topological polar surface area (TPSA) is 24.5 Å². The number of hydrogen-bond acceptors (Lipinski definition) is 3. The number of rotatable bonds is 8. The lowest BCUT2D eigenvalue weighted by atomic mass is 9.89. The summed E-state index contributed by atoms with van der Waals surface area (Å²) in [5, 5.41) is 3.74. The van der Waals surface area contributed by atoms with E-state index in [0.717, 1.165) is 37.1 Å². The van der Waals surface area contributed by atoms with Crippen LogP contribution in [0, 0.1) is 11.8 Å². The minimum Gasteiger partial charge on any atom is -0.383 e. The normalized spacial score (nSPS) is 30.5. The van der Waals surface area contributed by atoms with E-state index in [9.17, 15) is 0 Å². The van der Waals surface area contributed by atoms with Crippen LogP contribution < -0.4 is 5.32 Å². The molecule has 0 aliphatic carbocycles. The molecule has 0 radical (unpaired) electrons. The third-order valence-corrected chi connectivity index (χ3v) is 4.66. The molecule has 2 heterocycles. The Morgan fingerprint density at radius 1 is 1.16 bits per heavy atom. The Morgan fingerprint density at radius 2 is 1.84 bits per heavy atom. The number of piperidine rings is 1. The predicted molar refractivity (Wildman–Crippen MR) is 80.4 cm³/mol. The molecule has 2 atom stereocenters. The molecule has 0 aromatic heterocycles. The van der Waals surface area contributed by atoms with Crippen molar-refractivity contribution in [3.05, 3.63) is 0 Å². The van der Waals surface area contributed by atoms with Crippen LogP contribution in [0.1, 0.15) is 46.0 Å². The van der Waals surface area contributed by atoms with Crippen molar-refractivity contribution in [1.82, 2.24) is 10.2 Å². The SMILES string of the molecule is COCCN(CCC1CC2CCC(C1)N2)CC(C)C. The van der Waals surface area contributed by atoms with Gasteiger partial charge in [-0.2, -0.15) is 0 Å². The zero-order chi connectivity index (χ0) is 13.7. The molecule has 0 aromatic carbocycles. The van der Waals surface area contributed by atoms with Crippen molar-refractivity contribution in [3.8, 4) is 0 Å². The van der Waals surface area contributed by atoms with Crippen LogP contribution in [0.25, 0.3) is 0 Å². The fourth-order valence-electron chi connectivity index (χ4n) is 3.81. The van der Waals surface area contributed by atoms with E-state index in [0.29, 0.717) is 0 Å². The van der Waals surface area contributed by atoms with Gasteiger partial charge in [-0.25, -0.2) is 0 Å². The lowest BCUT2D eigenvalue weighted by molar-refractivity contribution is 0.131. The van der Waals surface area contributed by atoms with Gasteiger partial charge in [0.05, 0.1) is 6.61 Å². The van der Waals surface area contributed by atoms with E-state index in [4.69, 9.17) is 4.74 Å². The fraction of sp³-hybridized carbons (Fsp3) is 1.00. The quantitative estimate of drug-likeness (QED) is 0.732. The van der Waals surface area contributed by atoms with Gasteiger partial charge in [0, 0.05) is 32.3 Å². The Morgan fingerprint density at radius 3 is 2.42 bits per heavy atom. The molecule has 19 heavy (non-hydrogen) atoms. The molecule has 3 heteroatoms. The van der Waals surface area contributed by atoms with E-state index in [1.54, 1.807) is 7.11 Å². The van der Waals surface area contributed by atoms with Crippen molar-refractivity contribution >= 4 is 0 Å². The van der Waals surface area contributed by atoms with Gasteiger partial charge in [-0.05, 0) is 50.5 Å². The van der Waals surface area contributed by atoms with Crippen LogP contribution in [0.4, 0.5) is 0 Å². The van der Waals surface area contributed by atoms with E-state index in [-0.39, 0.29) is 0 Å². The van der Waals surface area contributed by atoms with Crippen LogP contribution in [-0.2, 0) is 4.74 Å². The highest BCUT2D eigenvalue weighted by Crippen LogP contribution is 2.32. The summed E-state index contributed by atoms with van der Waals surface area (Å²) >= 11 is 0. The molecule has 0 saturated carbocycles. The van der Waals surface area contributed by atoms with Crippen molar-refractivity contribution in [2.45, 2.75) is 58.0 Å². The summed E-state index contributed by atoms with van der Waals surface area (Å²) in [5.41, 5.74) is 0. The zero-order valence-corrected chi connectivity index (χ0v) is 13.0. The van der Waals surface area contributed by atoms with Gasteiger partial charge in [0.2, 0.25) is 0 Å². The molecule has 112 valence electrons. The molecular weight excluding hydrogens is 236 g/mol. The number of nitrogens with zero attached hydrogens (tertiary/aromatic N) is 1. The minimum absolute atomic E-state index is 0.751. The first kappa shape index (κ1) is 15.3. The second kappa shape index (κ2) is 7.61. The molecule has 0 aromatic rings. The van der Waals surface area contributed by atoms with E-state index >= 15 is 0 Å². The Bertz CT molecular complexity index is 245. The first-order chi connectivity index (χ1) is 9.17. The molecule has 2 saturated heterocycles. The Labute approximate surface area is 119 Å². The van der Waals surface area contributed by atoms with Crippen LogP contribution in [-0.4, -0.2) is 50.3 Å². The lowest BCUT2D eigenvalue weighted by Crippen LogP contribution is -2.39. The number of ether oxygens (including phenoxy) is 1. The molecule has 2 rings (SSSR count). The fourth-order valence-corrected chi connectivity index (χ4v) is 3.81. The summed E-state index contributed by atoms with van der Waals surface area (Å²) in [7, 11) is 1.80. The molecule has 2 unspecified atom stereocenters. The van der Waals surface area contributed by atoms with Gasteiger partial charge in [0.1, 0.15) is 0 Å². The Hall–Kier alpha value is -0.120. The lowest BCUT2D eigenvalue weighted by Gasteiger charge is -2.31. The summed E-state index contributed by atoms with van der Waals surface area (Å²) in [4.78, 5) is 2.60. The summed E-state index contributed by atoms with van der Waals surface area (Å²) < 4.78 is 5.24. The Balaban J connectivity index is 1.71. The summed E-state index contributed by atoms with van der Waals surface area (Å²) in [5.74, 6) is 1.71. The maximum absolute atomic E-state index is 5.24. The predicted octanol–water partition coefficient (Wildman–Crippen LogP) is 2.51. The monoisotopic (exact) mass is 268 g/mol. The molecule has 1 N–H and O–H groups in total. The zero-order valence-electron chi connectivity index (χ0n) is 13.0. The van der Waals surface area contributed by atoms with Gasteiger partial charge in [-0.15, -0.1) is 0 Å². The number of nitrogens with one attached hydrogen (secondary N) is 1. The summed E-state index contributed by atoms with van der Waals surface area (Å²) in [6.45, 7) is 9.04. The van der Waals surface area contributed by atoms with Crippen molar-refractivity contribution in [3.63, 3.8) is 0 Å². The van der Waals surface area contributed by atoms with Gasteiger partial charge in [-0.1, -0.05) is 13.8 Å². The van der Waals surface area contributed by atoms with E-state index in [1.165, 1.54) is 45.2 Å². The number of methoxy groups -OCH3 is 1. The van der Waals surface area contributed by atoms with E-state index in [1.807, 2.05) is 0 Å². The van der Waals surface area contributed by atoms with Crippen molar-refractivity contribution in [2.24, 2.45) is 11.8 Å². The van der Waals surface area contributed by atoms with Crippen molar-refractivity contribution in [2.75, 3.05) is 33.4 Å². The minimum atomic E-state index is 0.751. The average Bonchev–Trinajstić information content (AvgIpc) is 2.71. The molecule has 0 spiro atoms. The van der Waals surface area contributed by atoms with Crippen molar-refractivity contribution < 1.29 is 4.74 Å². The molecule has 2 aliphatic rings. The molecule has 2 fully saturated rings. The second-order valence-corrected chi connectivity index (χ2v) is 6.95. The largest absolute Gasteiger partial charge is 0.383 e. The molecule has 3 nitrogen and oxygen atoms in total. The summed E-state index contributed by atoms with van der Waals surface area (Å²) in [6.07, 6.45) is 7.04.